The fourth-order valence-electron chi connectivity index (χ4n) is 10.6. The molecule has 13 rings (SSSR count). The average Bonchev–Trinajstić information content (AvgIpc) is 3.88. The summed E-state index contributed by atoms with van der Waals surface area (Å²) >= 11 is 0. The Bertz CT molecular complexity index is 3370. The summed E-state index contributed by atoms with van der Waals surface area (Å²) in [5, 5.41) is 7.89. The number of aromatic nitrogens is 2. The third kappa shape index (κ3) is 3.60. The van der Waals surface area contributed by atoms with Gasteiger partial charge in [0.15, 0.2) is 0 Å². The van der Waals surface area contributed by atoms with Gasteiger partial charge in [-0.05, 0) is 110 Å². The standard InChI is InChI=1S/C53H32N2/c1-2-12-33(13-3-1)35-25-30-47-41(32-35)40-17-6-9-22-46(40)54(47)36-26-28-37(29-27-36)55-48-23-11-21-45-51(48)52-49(55)31-24-34-14-10-20-44(50(34)52)53(45)42-18-7-4-15-38(42)39-16-5-8-19-43(39)53/h1-32H. The first kappa shape index (κ1) is 29.3. The molecule has 2 aromatic heterocycles. The quantitative estimate of drug-likeness (QED) is 0.174. The van der Waals surface area contributed by atoms with Gasteiger partial charge in [0.1, 0.15) is 0 Å². The van der Waals surface area contributed by atoms with Gasteiger partial charge in [-0.25, -0.2) is 0 Å². The van der Waals surface area contributed by atoms with E-state index in [1.54, 1.807) is 0 Å². The highest BCUT2D eigenvalue weighted by atomic mass is 15.0. The lowest BCUT2D eigenvalue weighted by molar-refractivity contribution is 0.783. The highest BCUT2D eigenvalue weighted by Gasteiger charge is 2.49. The van der Waals surface area contributed by atoms with Crippen molar-refractivity contribution in [3.63, 3.8) is 0 Å². The van der Waals surface area contributed by atoms with Crippen LogP contribution in [0.5, 0.6) is 0 Å². The molecule has 0 atom stereocenters. The van der Waals surface area contributed by atoms with E-state index in [9.17, 15) is 0 Å². The largest absolute Gasteiger partial charge is 0.309 e. The predicted octanol–water partition coefficient (Wildman–Crippen LogP) is 13.4. The van der Waals surface area contributed by atoms with Crippen LogP contribution in [0.4, 0.5) is 0 Å². The Hall–Kier alpha value is -7.16. The normalized spacial score (nSPS) is 13.6. The van der Waals surface area contributed by atoms with Crippen LogP contribution >= 0.6 is 0 Å². The number of hydrogen-bond donors (Lipinski definition) is 0. The van der Waals surface area contributed by atoms with Crippen molar-refractivity contribution in [1.29, 1.82) is 0 Å². The van der Waals surface area contributed by atoms with Crippen molar-refractivity contribution in [2.24, 2.45) is 0 Å². The molecule has 254 valence electrons. The Kier molecular flexibility index (Phi) is 5.59. The van der Waals surface area contributed by atoms with Crippen LogP contribution in [0, 0.1) is 0 Å². The zero-order chi connectivity index (χ0) is 35.8. The molecule has 0 unspecified atom stereocenters. The first-order valence-electron chi connectivity index (χ1n) is 19.2. The van der Waals surface area contributed by atoms with Crippen LogP contribution in [0.1, 0.15) is 22.3 Å². The summed E-state index contributed by atoms with van der Waals surface area (Å²) in [6.45, 7) is 0. The van der Waals surface area contributed by atoms with Crippen LogP contribution in [0.3, 0.4) is 0 Å². The lowest BCUT2D eigenvalue weighted by Crippen LogP contribution is -2.30. The SMILES string of the molecule is c1ccc(-c2ccc3c(c2)c2ccccc2n3-c2ccc(-n3c4cccc5c4c4c6c(cccc6ccc43)C53c4ccccc4-c4ccccc43)cc2)cc1. The van der Waals surface area contributed by atoms with Crippen molar-refractivity contribution in [2.45, 2.75) is 5.41 Å². The van der Waals surface area contributed by atoms with Crippen molar-refractivity contribution in [1.82, 2.24) is 9.13 Å². The Morgan fingerprint density at radius 1 is 0.309 bits per heavy atom. The summed E-state index contributed by atoms with van der Waals surface area (Å²) in [6, 6.07) is 72.3. The molecule has 1 spiro atoms. The van der Waals surface area contributed by atoms with Crippen molar-refractivity contribution in [3.8, 4) is 33.6 Å². The van der Waals surface area contributed by atoms with Gasteiger partial charge in [0.2, 0.25) is 0 Å². The zero-order valence-electron chi connectivity index (χ0n) is 29.9. The van der Waals surface area contributed by atoms with Crippen LogP contribution in [0.2, 0.25) is 0 Å². The van der Waals surface area contributed by atoms with Crippen LogP contribution in [-0.4, -0.2) is 9.13 Å². The molecular formula is C53H32N2. The molecule has 0 N–H and O–H groups in total. The van der Waals surface area contributed by atoms with Gasteiger partial charge >= 0.3 is 0 Å². The number of fused-ring (bicyclic) bond motifs is 10. The van der Waals surface area contributed by atoms with Crippen LogP contribution in [-0.2, 0) is 5.41 Å². The molecule has 0 amide bonds. The van der Waals surface area contributed by atoms with E-state index in [1.165, 1.54) is 98.9 Å². The summed E-state index contributed by atoms with van der Waals surface area (Å²) < 4.78 is 4.91. The Morgan fingerprint density at radius 2 is 0.855 bits per heavy atom. The second kappa shape index (κ2) is 10.5. The first-order chi connectivity index (χ1) is 27.3. The summed E-state index contributed by atoms with van der Waals surface area (Å²) in [4.78, 5) is 0. The van der Waals surface area contributed by atoms with Gasteiger partial charge in [0.25, 0.3) is 0 Å². The van der Waals surface area contributed by atoms with Crippen LogP contribution in [0.25, 0.3) is 88.0 Å². The molecule has 2 aliphatic rings. The lowest BCUT2D eigenvalue weighted by Gasteiger charge is -2.37. The van der Waals surface area contributed by atoms with Crippen molar-refractivity contribution >= 4 is 54.4 Å². The van der Waals surface area contributed by atoms with Gasteiger partial charge in [-0.3, -0.25) is 0 Å². The van der Waals surface area contributed by atoms with E-state index in [-0.39, 0.29) is 0 Å². The number of hydrogen-bond acceptors (Lipinski definition) is 0. The fraction of sp³-hybridized carbons (Fsp3) is 0.0189. The molecule has 0 saturated heterocycles. The maximum atomic E-state index is 2.50. The fourth-order valence-corrected chi connectivity index (χ4v) is 10.6. The van der Waals surface area contributed by atoms with E-state index in [4.69, 9.17) is 0 Å². The van der Waals surface area contributed by atoms with E-state index in [0.717, 1.165) is 11.4 Å². The van der Waals surface area contributed by atoms with Crippen molar-refractivity contribution in [3.05, 3.63) is 216 Å². The molecule has 0 bridgehead atoms. The van der Waals surface area contributed by atoms with Crippen molar-refractivity contribution in [2.75, 3.05) is 0 Å². The van der Waals surface area contributed by atoms with Gasteiger partial charge < -0.3 is 9.13 Å². The smallest absolute Gasteiger partial charge is 0.0726 e. The zero-order valence-corrected chi connectivity index (χ0v) is 29.9. The van der Waals surface area contributed by atoms with Gasteiger partial charge in [-0.1, -0.05) is 140 Å². The molecule has 2 heterocycles. The molecule has 0 aliphatic heterocycles. The van der Waals surface area contributed by atoms with Crippen LogP contribution in [0.15, 0.2) is 194 Å². The number of benzene rings is 9. The minimum absolute atomic E-state index is 0.402. The Balaban J connectivity index is 1.05. The van der Waals surface area contributed by atoms with Gasteiger partial charge in [-0.2, -0.15) is 0 Å². The molecule has 0 saturated carbocycles. The third-order valence-corrected chi connectivity index (χ3v) is 12.7. The van der Waals surface area contributed by atoms with Crippen molar-refractivity contribution < 1.29 is 0 Å². The third-order valence-electron chi connectivity index (χ3n) is 12.7. The summed E-state index contributed by atoms with van der Waals surface area (Å²) in [5.41, 5.74) is 17.4. The molecule has 2 nitrogen and oxygen atoms in total. The number of para-hydroxylation sites is 1. The molecular weight excluding hydrogens is 665 g/mol. The van der Waals surface area contributed by atoms with E-state index < -0.39 is 5.41 Å². The maximum Gasteiger partial charge on any atom is 0.0726 e. The maximum absolute atomic E-state index is 2.50. The Morgan fingerprint density at radius 3 is 1.62 bits per heavy atom. The molecule has 0 radical (unpaired) electrons. The Labute approximate surface area is 317 Å². The van der Waals surface area contributed by atoms with Crippen LogP contribution < -0.4 is 0 Å². The highest BCUT2D eigenvalue weighted by molar-refractivity contribution is 6.26. The summed E-state index contributed by atoms with van der Waals surface area (Å²) in [6.07, 6.45) is 0. The molecule has 2 heteroatoms. The average molecular weight is 697 g/mol. The first-order valence-corrected chi connectivity index (χ1v) is 19.2. The van der Waals surface area contributed by atoms with E-state index in [0.29, 0.717) is 0 Å². The van der Waals surface area contributed by atoms with E-state index in [1.807, 2.05) is 0 Å². The number of rotatable bonds is 3. The summed E-state index contributed by atoms with van der Waals surface area (Å²) in [5.74, 6) is 0. The second-order valence-electron chi connectivity index (χ2n) is 15.2. The molecule has 55 heavy (non-hydrogen) atoms. The molecule has 2 aliphatic carbocycles. The van der Waals surface area contributed by atoms with E-state index in [2.05, 4.69) is 203 Å². The molecule has 0 fully saturated rings. The predicted molar refractivity (Wildman–Crippen MR) is 229 cm³/mol. The second-order valence-corrected chi connectivity index (χ2v) is 15.2. The lowest BCUT2D eigenvalue weighted by atomic mass is 9.63. The van der Waals surface area contributed by atoms with E-state index >= 15 is 0 Å². The van der Waals surface area contributed by atoms with Gasteiger partial charge in [0, 0.05) is 32.9 Å². The number of nitrogens with zero attached hydrogens (tertiary/aromatic N) is 2. The van der Waals surface area contributed by atoms with Gasteiger partial charge in [0.05, 0.1) is 27.5 Å². The minimum atomic E-state index is -0.402. The highest BCUT2D eigenvalue weighted by Crippen LogP contribution is 2.62. The molecule has 9 aromatic carbocycles. The minimum Gasteiger partial charge on any atom is -0.309 e. The molecule has 11 aromatic rings. The monoisotopic (exact) mass is 696 g/mol. The topological polar surface area (TPSA) is 9.86 Å². The summed E-state index contributed by atoms with van der Waals surface area (Å²) in [7, 11) is 0. The van der Waals surface area contributed by atoms with Gasteiger partial charge in [-0.15, -0.1) is 0 Å².